The Bertz CT molecular complexity index is 1020. The van der Waals surface area contributed by atoms with Gasteiger partial charge in [0.1, 0.15) is 11.5 Å². The number of aryl methyl sites for hydroxylation is 1. The number of amides is 2. The number of alkyl halides is 3. The van der Waals surface area contributed by atoms with E-state index in [1.165, 1.54) is 18.2 Å². The third-order valence-corrected chi connectivity index (χ3v) is 7.20. The zero-order valence-corrected chi connectivity index (χ0v) is 18.9. The van der Waals surface area contributed by atoms with E-state index in [0.717, 1.165) is 49.9 Å². The van der Waals surface area contributed by atoms with Crippen LogP contribution < -0.4 is 5.32 Å². The number of nitrogens with zero attached hydrogens (tertiary/aromatic N) is 1. The molecule has 3 atom stereocenters. The Hall–Kier alpha value is -2.33. The number of carbonyl (C=O) groups excluding carboxylic acids is 2. The van der Waals surface area contributed by atoms with Crippen LogP contribution in [0.2, 0.25) is 0 Å². The van der Waals surface area contributed by atoms with Crippen LogP contribution in [0.15, 0.2) is 28.7 Å². The lowest BCUT2D eigenvalue weighted by molar-refractivity contribution is -0.137. The summed E-state index contributed by atoms with van der Waals surface area (Å²) >= 11 is 1.06. The van der Waals surface area contributed by atoms with Gasteiger partial charge in [0.05, 0.1) is 23.5 Å². The number of thioether (sulfide) groups is 1. The molecule has 2 fully saturated rings. The summed E-state index contributed by atoms with van der Waals surface area (Å²) < 4.78 is 51.6. The zero-order valence-electron chi connectivity index (χ0n) is 18.1. The fourth-order valence-electron chi connectivity index (χ4n) is 4.42. The van der Waals surface area contributed by atoms with E-state index in [1.54, 1.807) is 6.92 Å². The van der Waals surface area contributed by atoms with Crippen molar-refractivity contribution in [2.45, 2.75) is 69.6 Å². The molecule has 1 saturated heterocycles. The van der Waals surface area contributed by atoms with Gasteiger partial charge in [-0.15, -0.1) is 0 Å². The highest BCUT2D eigenvalue weighted by atomic mass is 32.2. The van der Waals surface area contributed by atoms with E-state index in [9.17, 15) is 22.8 Å². The number of nitrogens with one attached hydrogen (secondary N) is 1. The number of hydrogen-bond donors (Lipinski definition) is 1. The number of ether oxygens (including phenoxy) is 1. The summed E-state index contributed by atoms with van der Waals surface area (Å²) in [5, 5.41) is 1.72. The Balaban J connectivity index is 1.34. The van der Waals surface area contributed by atoms with Gasteiger partial charge in [0.2, 0.25) is 11.8 Å². The molecule has 6 nitrogen and oxygen atoms in total. The molecule has 0 radical (unpaired) electrons. The van der Waals surface area contributed by atoms with Gasteiger partial charge in [-0.25, -0.2) is 4.98 Å². The fourth-order valence-corrected chi connectivity index (χ4v) is 5.25. The van der Waals surface area contributed by atoms with Crippen molar-refractivity contribution in [3.8, 4) is 11.5 Å². The molecule has 1 aromatic heterocycles. The largest absolute Gasteiger partial charge is 0.441 e. The number of rotatable bonds is 7. The number of oxazole rings is 1. The molecule has 2 heterocycles. The van der Waals surface area contributed by atoms with E-state index in [2.05, 4.69) is 10.3 Å². The van der Waals surface area contributed by atoms with Crippen LogP contribution in [0.5, 0.6) is 0 Å². The maximum absolute atomic E-state index is 13.3. The van der Waals surface area contributed by atoms with Gasteiger partial charge >= 0.3 is 6.18 Å². The van der Waals surface area contributed by atoms with Crippen LogP contribution in [0.25, 0.3) is 11.5 Å². The first-order valence-corrected chi connectivity index (χ1v) is 11.8. The first kappa shape index (κ1) is 23.8. The molecular formula is C23H25F3N2O4S. The molecule has 2 amide bonds. The summed E-state index contributed by atoms with van der Waals surface area (Å²) in [7, 11) is 0. The van der Waals surface area contributed by atoms with Crippen LogP contribution in [0.4, 0.5) is 18.0 Å². The highest BCUT2D eigenvalue weighted by Crippen LogP contribution is 2.37. The highest BCUT2D eigenvalue weighted by Gasteiger charge is 2.35. The summed E-state index contributed by atoms with van der Waals surface area (Å²) in [5.41, 5.74) is -0.393. The Morgan fingerprint density at radius 2 is 2.00 bits per heavy atom. The molecule has 1 saturated carbocycles. The molecule has 1 aliphatic carbocycles. The monoisotopic (exact) mass is 482 g/mol. The molecule has 1 aromatic carbocycles. The van der Waals surface area contributed by atoms with Crippen molar-refractivity contribution < 1.29 is 31.9 Å². The Morgan fingerprint density at radius 1 is 1.21 bits per heavy atom. The van der Waals surface area contributed by atoms with Crippen LogP contribution >= 0.6 is 11.8 Å². The molecule has 33 heavy (non-hydrogen) atoms. The van der Waals surface area contributed by atoms with E-state index in [1.807, 2.05) is 0 Å². The summed E-state index contributed by atoms with van der Waals surface area (Å²) in [5.74, 6) is 0.559. The minimum atomic E-state index is -4.50. The van der Waals surface area contributed by atoms with Gasteiger partial charge in [-0.2, -0.15) is 13.2 Å². The summed E-state index contributed by atoms with van der Waals surface area (Å²) in [6.45, 7) is 1.83. The first-order valence-electron chi connectivity index (χ1n) is 11.0. The van der Waals surface area contributed by atoms with Gasteiger partial charge in [-0.3, -0.25) is 14.9 Å². The number of hydrogen-bond acceptors (Lipinski definition) is 6. The van der Waals surface area contributed by atoms with Crippen molar-refractivity contribution in [2.75, 3.05) is 0 Å². The molecule has 1 N–H and O–H groups in total. The SMILES string of the molecule is Cc1oc(-c2ccccc2C(F)(F)F)nc1CO[C@@H]1CCC[C@H](CCC2SC(=O)NC2=O)C1. The van der Waals surface area contributed by atoms with Crippen molar-refractivity contribution in [1.29, 1.82) is 0 Å². The third-order valence-electron chi connectivity index (χ3n) is 6.15. The number of benzene rings is 1. The average molecular weight is 483 g/mol. The van der Waals surface area contributed by atoms with Gasteiger partial charge in [-0.1, -0.05) is 36.7 Å². The number of carbonyl (C=O) groups is 2. The van der Waals surface area contributed by atoms with Gasteiger partial charge in [0, 0.05) is 5.56 Å². The second-order valence-electron chi connectivity index (χ2n) is 8.49. The molecule has 178 valence electrons. The Labute approximate surface area is 193 Å². The molecule has 2 aliphatic rings. The number of imide groups is 1. The third kappa shape index (κ3) is 5.78. The number of halogens is 3. The predicted molar refractivity (Wildman–Crippen MR) is 116 cm³/mol. The Morgan fingerprint density at radius 3 is 2.73 bits per heavy atom. The molecule has 0 spiro atoms. The van der Waals surface area contributed by atoms with Crippen LogP contribution in [-0.4, -0.2) is 27.5 Å². The van der Waals surface area contributed by atoms with Crippen molar-refractivity contribution in [2.24, 2.45) is 5.92 Å². The summed E-state index contributed by atoms with van der Waals surface area (Å²) in [6.07, 6.45) is 0.801. The zero-order chi connectivity index (χ0) is 23.6. The van der Waals surface area contributed by atoms with E-state index in [0.29, 0.717) is 23.8 Å². The van der Waals surface area contributed by atoms with Gasteiger partial charge in [0.15, 0.2) is 0 Å². The van der Waals surface area contributed by atoms with Crippen molar-refractivity contribution >= 4 is 22.9 Å². The standard InChI is InChI=1S/C23H25F3N2O4S/c1-13-18(27-21(32-13)16-7-2-3-8-17(16)23(24,25)26)12-31-15-6-4-5-14(11-15)9-10-19-20(29)28-22(30)33-19/h2-3,7-8,14-15,19H,4-6,9-12H2,1H3,(H,28,29,30)/t14-,15-,19?/m1/s1. The quantitative estimate of drug-likeness (QED) is 0.531. The molecule has 0 bridgehead atoms. The van der Waals surface area contributed by atoms with Gasteiger partial charge < -0.3 is 9.15 Å². The van der Waals surface area contributed by atoms with E-state index < -0.39 is 11.7 Å². The first-order chi connectivity index (χ1) is 15.7. The van der Waals surface area contributed by atoms with Crippen molar-refractivity contribution in [1.82, 2.24) is 10.3 Å². The predicted octanol–water partition coefficient (Wildman–Crippen LogP) is 5.88. The molecule has 10 heteroatoms. The molecular weight excluding hydrogens is 457 g/mol. The molecule has 2 aromatic rings. The van der Waals surface area contributed by atoms with Gasteiger partial charge in [-0.05, 0) is 50.7 Å². The lowest BCUT2D eigenvalue weighted by atomic mass is 9.84. The van der Waals surface area contributed by atoms with Crippen molar-refractivity contribution in [3.63, 3.8) is 0 Å². The second-order valence-corrected chi connectivity index (χ2v) is 9.67. The average Bonchev–Trinajstić information content (AvgIpc) is 3.31. The van der Waals surface area contributed by atoms with Crippen LogP contribution in [-0.2, 0) is 22.3 Å². The fraction of sp³-hybridized carbons (Fsp3) is 0.522. The highest BCUT2D eigenvalue weighted by molar-refractivity contribution is 8.15. The lowest BCUT2D eigenvalue weighted by Crippen LogP contribution is -2.26. The Kier molecular flexibility index (Phi) is 7.13. The minimum absolute atomic E-state index is 0.0115. The maximum atomic E-state index is 13.3. The molecule has 1 aliphatic heterocycles. The van der Waals surface area contributed by atoms with Gasteiger partial charge in [0.25, 0.3) is 5.24 Å². The van der Waals surface area contributed by atoms with E-state index in [-0.39, 0.29) is 40.6 Å². The summed E-state index contributed by atoms with van der Waals surface area (Å²) in [4.78, 5) is 27.3. The molecule has 4 rings (SSSR count). The molecule has 1 unspecified atom stereocenters. The maximum Gasteiger partial charge on any atom is 0.417 e. The lowest BCUT2D eigenvalue weighted by Gasteiger charge is -2.29. The van der Waals surface area contributed by atoms with E-state index in [4.69, 9.17) is 9.15 Å². The second kappa shape index (κ2) is 9.89. The topological polar surface area (TPSA) is 81.4 Å². The smallest absolute Gasteiger partial charge is 0.417 e. The number of aromatic nitrogens is 1. The van der Waals surface area contributed by atoms with Crippen LogP contribution in [0, 0.1) is 12.8 Å². The van der Waals surface area contributed by atoms with Crippen molar-refractivity contribution in [3.05, 3.63) is 41.3 Å². The minimum Gasteiger partial charge on any atom is -0.441 e. The summed E-state index contributed by atoms with van der Waals surface area (Å²) in [6, 6.07) is 5.21. The normalized spacial score (nSPS) is 23.7. The van der Waals surface area contributed by atoms with E-state index >= 15 is 0 Å². The van der Waals surface area contributed by atoms with Crippen LogP contribution in [0.1, 0.15) is 55.5 Å². The van der Waals surface area contributed by atoms with Crippen LogP contribution in [0.3, 0.4) is 0 Å².